The minimum absolute atomic E-state index is 0.154. The lowest BCUT2D eigenvalue weighted by Gasteiger charge is -2.19. The van der Waals surface area contributed by atoms with Crippen molar-refractivity contribution in [3.8, 4) is 11.9 Å². The molecule has 0 atom stereocenters. The first-order valence-corrected chi connectivity index (χ1v) is 9.28. The molecule has 0 aromatic carbocycles. The molecular weight excluding hydrogens is 498 g/mol. The van der Waals surface area contributed by atoms with E-state index in [2.05, 4.69) is 25.9 Å². The standard InChI is InChI=1S/C17H13F8N9O/c1-33-13(10(16(20,21)22)11(32-33)15(18,19)17(23,24)25)34-6-8(4-29-34)28-5-9(31-27)12(35)30-14(7-26)2-3-14/h4-6,27-28H,2-3H2,1H3,(H,30,35)/b9-5-,31-27?. The monoisotopic (exact) mass is 511 g/mol. The molecule has 0 aliphatic heterocycles. The lowest BCUT2D eigenvalue weighted by Crippen LogP contribution is -2.36. The van der Waals surface area contributed by atoms with Crippen molar-refractivity contribution in [1.29, 1.82) is 10.8 Å². The van der Waals surface area contributed by atoms with Crippen LogP contribution in [0.25, 0.3) is 5.82 Å². The molecule has 2 aromatic heterocycles. The highest BCUT2D eigenvalue weighted by molar-refractivity contribution is 5.94. The van der Waals surface area contributed by atoms with Gasteiger partial charge < -0.3 is 10.6 Å². The number of rotatable bonds is 7. The van der Waals surface area contributed by atoms with Gasteiger partial charge in [0.05, 0.1) is 24.2 Å². The summed E-state index contributed by atoms with van der Waals surface area (Å²) in [6.45, 7) is 0. The van der Waals surface area contributed by atoms with Gasteiger partial charge in [-0.2, -0.15) is 55.7 Å². The van der Waals surface area contributed by atoms with Gasteiger partial charge >= 0.3 is 18.3 Å². The number of carbonyl (C=O) groups is 1. The number of aryl methyl sites for hydroxylation is 1. The molecule has 1 aliphatic carbocycles. The topological polar surface area (TPSA) is 137 Å². The first kappa shape index (κ1) is 25.6. The van der Waals surface area contributed by atoms with E-state index in [1.165, 1.54) is 0 Å². The average Bonchev–Trinajstić information content (AvgIpc) is 3.18. The molecule has 2 heterocycles. The summed E-state index contributed by atoms with van der Waals surface area (Å²) in [7, 11) is 0.722. The molecule has 0 unspecified atom stereocenters. The molecule has 0 saturated heterocycles. The van der Waals surface area contributed by atoms with Crippen LogP contribution in [-0.2, 0) is 23.9 Å². The highest BCUT2D eigenvalue weighted by Gasteiger charge is 2.64. The number of nitrogens with zero attached hydrogens (tertiary/aromatic N) is 6. The maximum absolute atomic E-state index is 13.8. The van der Waals surface area contributed by atoms with Crippen molar-refractivity contribution in [2.45, 2.75) is 36.7 Å². The number of nitriles is 1. The van der Waals surface area contributed by atoms with Gasteiger partial charge in [0.1, 0.15) is 11.1 Å². The van der Waals surface area contributed by atoms with E-state index >= 15 is 0 Å². The molecule has 1 saturated carbocycles. The Morgan fingerprint density at radius 2 is 1.89 bits per heavy atom. The van der Waals surface area contributed by atoms with Crippen molar-refractivity contribution >= 4 is 11.6 Å². The van der Waals surface area contributed by atoms with Crippen LogP contribution in [0.3, 0.4) is 0 Å². The van der Waals surface area contributed by atoms with Crippen LogP contribution < -0.4 is 10.6 Å². The van der Waals surface area contributed by atoms with Crippen molar-refractivity contribution in [3.05, 3.63) is 35.5 Å². The van der Waals surface area contributed by atoms with E-state index in [0.717, 1.165) is 25.6 Å². The quantitative estimate of drug-likeness (QED) is 0.296. The van der Waals surface area contributed by atoms with Crippen LogP contribution in [-0.4, -0.2) is 37.2 Å². The van der Waals surface area contributed by atoms with Gasteiger partial charge in [-0.3, -0.25) is 4.79 Å². The van der Waals surface area contributed by atoms with E-state index in [4.69, 9.17) is 10.8 Å². The maximum atomic E-state index is 13.8. The van der Waals surface area contributed by atoms with Crippen molar-refractivity contribution < 1.29 is 39.9 Å². The summed E-state index contributed by atoms with van der Waals surface area (Å²) in [6, 6.07) is 1.88. The number of amides is 1. The zero-order valence-electron chi connectivity index (χ0n) is 17.3. The van der Waals surface area contributed by atoms with E-state index in [1.54, 1.807) is 0 Å². The fourth-order valence-corrected chi connectivity index (χ4v) is 2.88. The van der Waals surface area contributed by atoms with Crippen LogP contribution in [0.2, 0.25) is 0 Å². The second-order valence-electron chi connectivity index (χ2n) is 7.35. The fraction of sp³-hybridized carbons (Fsp3) is 0.412. The summed E-state index contributed by atoms with van der Waals surface area (Å²) >= 11 is 0. The predicted molar refractivity (Wildman–Crippen MR) is 97.9 cm³/mol. The van der Waals surface area contributed by atoms with Gasteiger partial charge in [-0.05, 0) is 12.8 Å². The third-order valence-corrected chi connectivity index (χ3v) is 4.80. The summed E-state index contributed by atoms with van der Waals surface area (Å²) in [5.74, 6) is -8.05. The van der Waals surface area contributed by atoms with Crippen LogP contribution in [0.4, 0.5) is 40.8 Å². The van der Waals surface area contributed by atoms with Crippen LogP contribution in [0, 0.1) is 16.9 Å². The lowest BCUT2D eigenvalue weighted by molar-refractivity contribution is -0.292. The Hall–Kier alpha value is -4.04. The fourth-order valence-electron chi connectivity index (χ4n) is 2.88. The largest absolute Gasteiger partial charge is 0.459 e. The Morgan fingerprint density at radius 3 is 2.37 bits per heavy atom. The van der Waals surface area contributed by atoms with Gasteiger partial charge in [0.25, 0.3) is 5.91 Å². The predicted octanol–water partition coefficient (Wildman–Crippen LogP) is 3.74. The summed E-state index contributed by atoms with van der Waals surface area (Å²) < 4.78 is 107. The van der Waals surface area contributed by atoms with E-state index in [-0.39, 0.29) is 10.4 Å². The van der Waals surface area contributed by atoms with Crippen molar-refractivity contribution in [3.63, 3.8) is 0 Å². The number of halogens is 8. The summed E-state index contributed by atoms with van der Waals surface area (Å²) in [6.07, 6.45) is -8.72. The first-order chi connectivity index (χ1) is 16.1. The Morgan fingerprint density at radius 1 is 1.26 bits per heavy atom. The number of carbonyl (C=O) groups excluding carboxylic acids is 1. The molecule has 1 fully saturated rings. The molecule has 3 N–H and O–H groups in total. The molecule has 1 aliphatic rings. The number of aromatic nitrogens is 4. The number of alkyl halides is 8. The molecule has 188 valence electrons. The van der Waals surface area contributed by atoms with Crippen LogP contribution in [0.1, 0.15) is 24.1 Å². The summed E-state index contributed by atoms with van der Waals surface area (Å²) in [5.41, 5.74) is 0.427. The normalized spacial score (nSPS) is 15.9. The van der Waals surface area contributed by atoms with Gasteiger partial charge in [-0.15, -0.1) is 0 Å². The molecule has 3 rings (SSSR count). The minimum Gasteiger partial charge on any atom is -0.357 e. The van der Waals surface area contributed by atoms with Crippen molar-refractivity contribution in [2.75, 3.05) is 5.32 Å². The van der Waals surface area contributed by atoms with Crippen LogP contribution in [0.5, 0.6) is 0 Å². The number of anilines is 1. The molecule has 18 heteroatoms. The van der Waals surface area contributed by atoms with E-state index < -0.39 is 52.5 Å². The van der Waals surface area contributed by atoms with Crippen LogP contribution >= 0.6 is 0 Å². The molecule has 35 heavy (non-hydrogen) atoms. The molecular formula is C17H13F8N9O. The molecule has 0 radical (unpaired) electrons. The minimum atomic E-state index is -6.35. The zero-order chi connectivity index (χ0) is 26.4. The molecule has 10 nitrogen and oxygen atoms in total. The van der Waals surface area contributed by atoms with E-state index in [1.807, 2.05) is 6.07 Å². The number of nitrogens with one attached hydrogen (secondary N) is 3. The first-order valence-electron chi connectivity index (χ1n) is 9.28. The lowest BCUT2D eigenvalue weighted by atomic mass is 10.1. The molecule has 0 spiro atoms. The molecule has 0 bridgehead atoms. The third kappa shape index (κ3) is 4.79. The number of hydrogen-bond acceptors (Lipinski definition) is 7. The summed E-state index contributed by atoms with van der Waals surface area (Å²) in [5, 5.41) is 23.0. The molecule has 1 amide bonds. The zero-order valence-corrected chi connectivity index (χ0v) is 17.3. The van der Waals surface area contributed by atoms with Gasteiger partial charge in [0.15, 0.2) is 17.2 Å². The average molecular weight is 511 g/mol. The second kappa shape index (κ2) is 8.32. The Kier molecular flexibility index (Phi) is 6.08. The third-order valence-electron chi connectivity index (χ3n) is 4.80. The van der Waals surface area contributed by atoms with Crippen molar-refractivity contribution in [1.82, 2.24) is 24.9 Å². The van der Waals surface area contributed by atoms with Gasteiger partial charge in [-0.1, -0.05) is 0 Å². The Bertz CT molecular complexity index is 1230. The SMILES string of the molecule is Cn1nc(C(F)(F)C(F)(F)F)c(C(F)(F)F)c1-n1cc(N/C=C(\N=N)C(=O)NC2(C#N)CC2)cn1. The maximum Gasteiger partial charge on any atom is 0.459 e. The highest BCUT2D eigenvalue weighted by atomic mass is 19.4. The van der Waals surface area contributed by atoms with E-state index in [9.17, 15) is 39.9 Å². The van der Waals surface area contributed by atoms with Gasteiger partial charge in [0, 0.05) is 13.2 Å². The smallest absolute Gasteiger partial charge is 0.357 e. The van der Waals surface area contributed by atoms with Crippen LogP contribution in [0.15, 0.2) is 29.4 Å². The summed E-state index contributed by atoms with van der Waals surface area (Å²) in [4.78, 5) is 12.1. The van der Waals surface area contributed by atoms with Gasteiger partial charge in [0.2, 0.25) is 0 Å². The van der Waals surface area contributed by atoms with Crippen molar-refractivity contribution in [2.24, 2.45) is 12.2 Å². The second-order valence-corrected chi connectivity index (χ2v) is 7.35. The molecule has 2 aromatic rings. The van der Waals surface area contributed by atoms with E-state index in [0.29, 0.717) is 17.5 Å². The number of hydrogen-bond donors (Lipinski definition) is 3. The Balaban J connectivity index is 1.95. The van der Waals surface area contributed by atoms with Gasteiger partial charge in [-0.25, -0.2) is 14.9 Å². The highest BCUT2D eigenvalue weighted by Crippen LogP contribution is 2.49. The Labute approximate surface area is 189 Å².